The number of nitrogens with one attached hydrogen (secondary N) is 1. The molecule has 1 aliphatic heterocycles. The molecule has 21 heavy (non-hydrogen) atoms. The lowest BCUT2D eigenvalue weighted by molar-refractivity contribution is 0.222. The summed E-state index contributed by atoms with van der Waals surface area (Å²) in [5.41, 5.74) is 2.61. The highest BCUT2D eigenvalue weighted by molar-refractivity contribution is 9.10. The Hall–Kier alpha value is -0.580. The van der Waals surface area contributed by atoms with Gasteiger partial charge in [0.1, 0.15) is 0 Å². The van der Waals surface area contributed by atoms with Gasteiger partial charge in [0.15, 0.2) is 0 Å². The van der Waals surface area contributed by atoms with E-state index >= 15 is 0 Å². The Morgan fingerprint density at radius 1 is 1.38 bits per heavy atom. The molecule has 1 aliphatic rings. The van der Waals surface area contributed by atoms with Gasteiger partial charge >= 0.3 is 0 Å². The number of hydrogen-bond acceptors (Lipinski definition) is 3. The van der Waals surface area contributed by atoms with Crippen LogP contribution in [0.5, 0.6) is 0 Å². The first-order chi connectivity index (χ1) is 10.0. The van der Waals surface area contributed by atoms with Crippen molar-refractivity contribution in [3.05, 3.63) is 28.2 Å². The van der Waals surface area contributed by atoms with Crippen molar-refractivity contribution >= 4 is 21.6 Å². The molecule has 0 bridgehead atoms. The first kappa shape index (κ1) is 16.8. The summed E-state index contributed by atoms with van der Waals surface area (Å²) >= 11 is 3.74. The van der Waals surface area contributed by atoms with Gasteiger partial charge in [-0.15, -0.1) is 0 Å². The largest absolute Gasteiger partial charge is 0.373 e. The van der Waals surface area contributed by atoms with Crippen LogP contribution in [0.15, 0.2) is 22.7 Å². The number of anilines is 1. The van der Waals surface area contributed by atoms with Crippen LogP contribution in [0, 0.1) is 5.92 Å². The standard InChI is InChI=1S/C17H28BrN3/c1-13(19-2)15-5-6-17(16(18)11-15)21(4)12-14-7-9-20(3)10-8-14/h5-6,11,13-14,19H,7-10,12H2,1-4H3. The third-order valence-corrected chi connectivity index (χ3v) is 5.32. The molecule has 1 fully saturated rings. The van der Waals surface area contributed by atoms with E-state index < -0.39 is 0 Å². The first-order valence-electron chi connectivity index (χ1n) is 7.87. The molecule has 0 amide bonds. The van der Waals surface area contributed by atoms with Gasteiger partial charge in [-0.1, -0.05) is 6.07 Å². The van der Waals surface area contributed by atoms with Gasteiger partial charge in [-0.2, -0.15) is 0 Å². The number of hydrogen-bond donors (Lipinski definition) is 1. The van der Waals surface area contributed by atoms with E-state index in [9.17, 15) is 0 Å². The fourth-order valence-corrected chi connectivity index (χ4v) is 3.70. The van der Waals surface area contributed by atoms with Crippen LogP contribution in [0.1, 0.15) is 31.4 Å². The number of benzene rings is 1. The van der Waals surface area contributed by atoms with Gasteiger partial charge in [0.05, 0.1) is 5.69 Å². The molecule has 4 heteroatoms. The summed E-state index contributed by atoms with van der Waals surface area (Å²) in [5.74, 6) is 0.814. The second-order valence-corrected chi connectivity index (χ2v) is 7.20. The number of nitrogens with zero attached hydrogens (tertiary/aromatic N) is 2. The maximum Gasteiger partial charge on any atom is 0.0508 e. The van der Waals surface area contributed by atoms with E-state index in [4.69, 9.17) is 0 Å². The van der Waals surface area contributed by atoms with Gasteiger partial charge in [-0.05, 0) is 86.5 Å². The maximum atomic E-state index is 3.74. The van der Waals surface area contributed by atoms with Crippen molar-refractivity contribution in [1.29, 1.82) is 0 Å². The van der Waals surface area contributed by atoms with E-state index in [0.717, 1.165) is 12.5 Å². The maximum absolute atomic E-state index is 3.74. The van der Waals surface area contributed by atoms with Crippen LogP contribution in [0.3, 0.4) is 0 Å². The molecular weight excluding hydrogens is 326 g/mol. The minimum Gasteiger partial charge on any atom is -0.373 e. The second kappa shape index (κ2) is 7.61. The molecule has 1 unspecified atom stereocenters. The van der Waals surface area contributed by atoms with Gasteiger partial charge in [0.2, 0.25) is 0 Å². The highest BCUT2D eigenvalue weighted by atomic mass is 79.9. The molecule has 1 N–H and O–H groups in total. The molecule has 1 heterocycles. The predicted molar refractivity (Wildman–Crippen MR) is 95.1 cm³/mol. The van der Waals surface area contributed by atoms with Crippen molar-refractivity contribution in [3.8, 4) is 0 Å². The second-order valence-electron chi connectivity index (χ2n) is 6.35. The molecule has 0 radical (unpaired) electrons. The van der Waals surface area contributed by atoms with Crippen molar-refractivity contribution in [2.75, 3.05) is 45.7 Å². The van der Waals surface area contributed by atoms with Crippen LogP contribution in [0.2, 0.25) is 0 Å². The lowest BCUT2D eigenvalue weighted by atomic mass is 9.96. The average Bonchev–Trinajstić information content (AvgIpc) is 2.48. The Bertz CT molecular complexity index is 455. The van der Waals surface area contributed by atoms with Crippen molar-refractivity contribution in [2.24, 2.45) is 5.92 Å². The summed E-state index contributed by atoms with van der Waals surface area (Å²) in [4.78, 5) is 4.83. The number of piperidine rings is 1. The van der Waals surface area contributed by atoms with Crippen molar-refractivity contribution in [1.82, 2.24) is 10.2 Å². The summed E-state index contributed by atoms with van der Waals surface area (Å²) in [5, 5.41) is 3.29. The van der Waals surface area contributed by atoms with Crippen LogP contribution in [-0.4, -0.2) is 45.7 Å². The molecule has 0 aliphatic carbocycles. The highest BCUT2D eigenvalue weighted by Gasteiger charge is 2.19. The summed E-state index contributed by atoms with van der Waals surface area (Å²) in [6.45, 7) is 5.80. The zero-order chi connectivity index (χ0) is 15.4. The quantitative estimate of drug-likeness (QED) is 0.873. The third kappa shape index (κ3) is 4.44. The van der Waals surface area contributed by atoms with Gasteiger partial charge in [-0.3, -0.25) is 0 Å². The third-order valence-electron chi connectivity index (χ3n) is 4.69. The molecule has 2 rings (SSSR count). The van der Waals surface area contributed by atoms with Gasteiger partial charge in [0.25, 0.3) is 0 Å². The van der Waals surface area contributed by atoms with Crippen LogP contribution in [0.4, 0.5) is 5.69 Å². The van der Waals surface area contributed by atoms with Crippen molar-refractivity contribution < 1.29 is 0 Å². The van der Waals surface area contributed by atoms with Crippen LogP contribution >= 0.6 is 15.9 Å². The Kier molecular flexibility index (Phi) is 6.08. The summed E-state index contributed by atoms with van der Waals surface area (Å²) in [6, 6.07) is 7.09. The fraction of sp³-hybridized carbons (Fsp3) is 0.647. The van der Waals surface area contributed by atoms with Crippen molar-refractivity contribution in [3.63, 3.8) is 0 Å². The minimum atomic E-state index is 0.384. The summed E-state index contributed by atoms with van der Waals surface area (Å²) in [6.07, 6.45) is 2.63. The van der Waals surface area contributed by atoms with E-state index in [0.29, 0.717) is 6.04 Å². The zero-order valence-electron chi connectivity index (χ0n) is 13.7. The number of likely N-dealkylation sites (tertiary alicyclic amines) is 1. The molecule has 118 valence electrons. The molecule has 1 atom stereocenters. The van der Waals surface area contributed by atoms with E-state index in [2.05, 4.69) is 70.3 Å². The summed E-state index contributed by atoms with van der Waals surface area (Å²) in [7, 11) is 6.43. The van der Waals surface area contributed by atoms with E-state index in [1.54, 1.807) is 0 Å². The highest BCUT2D eigenvalue weighted by Crippen LogP contribution is 2.30. The molecule has 1 aromatic carbocycles. The van der Waals surface area contributed by atoms with Gasteiger partial charge < -0.3 is 15.1 Å². The first-order valence-corrected chi connectivity index (χ1v) is 8.67. The van der Waals surface area contributed by atoms with Crippen LogP contribution < -0.4 is 10.2 Å². The molecule has 1 saturated heterocycles. The lowest BCUT2D eigenvalue weighted by Gasteiger charge is -2.33. The smallest absolute Gasteiger partial charge is 0.0508 e. The number of halogens is 1. The SMILES string of the molecule is CNC(C)c1ccc(N(C)CC2CCN(C)CC2)c(Br)c1. The molecular formula is C17H28BrN3. The van der Waals surface area contributed by atoms with Gasteiger partial charge in [-0.25, -0.2) is 0 Å². The van der Waals surface area contributed by atoms with Crippen LogP contribution in [0.25, 0.3) is 0 Å². The Balaban J connectivity index is 2.00. The Morgan fingerprint density at radius 3 is 2.62 bits per heavy atom. The Labute approximate surface area is 137 Å². The fourth-order valence-electron chi connectivity index (χ4n) is 3.00. The summed E-state index contributed by atoms with van der Waals surface area (Å²) < 4.78 is 1.19. The zero-order valence-corrected chi connectivity index (χ0v) is 15.3. The number of rotatable bonds is 5. The minimum absolute atomic E-state index is 0.384. The predicted octanol–water partition coefficient (Wildman–Crippen LogP) is 3.51. The van der Waals surface area contributed by atoms with E-state index in [1.165, 1.54) is 41.7 Å². The van der Waals surface area contributed by atoms with E-state index in [1.807, 2.05) is 7.05 Å². The average molecular weight is 354 g/mol. The molecule has 0 aromatic heterocycles. The normalized spacial score (nSPS) is 18.7. The monoisotopic (exact) mass is 353 g/mol. The lowest BCUT2D eigenvalue weighted by Crippen LogP contribution is -2.35. The topological polar surface area (TPSA) is 18.5 Å². The van der Waals surface area contributed by atoms with Crippen LogP contribution in [-0.2, 0) is 0 Å². The molecule has 0 spiro atoms. The molecule has 1 aromatic rings. The molecule has 3 nitrogen and oxygen atoms in total. The molecule has 0 saturated carbocycles. The van der Waals surface area contributed by atoms with Gasteiger partial charge in [0, 0.05) is 24.1 Å². The van der Waals surface area contributed by atoms with E-state index in [-0.39, 0.29) is 0 Å². The Morgan fingerprint density at radius 2 is 2.05 bits per heavy atom. The van der Waals surface area contributed by atoms with Crippen molar-refractivity contribution in [2.45, 2.75) is 25.8 Å².